The maximum absolute atomic E-state index is 4.85. The summed E-state index contributed by atoms with van der Waals surface area (Å²) in [4.78, 5) is 0. The summed E-state index contributed by atoms with van der Waals surface area (Å²) in [6.45, 7) is 2.67. The average Bonchev–Trinajstić information content (AvgIpc) is 2.21. The minimum Gasteiger partial charge on any atom is -0.570 e. The van der Waals surface area contributed by atoms with Crippen LogP contribution in [0.25, 0.3) is 0 Å². The van der Waals surface area contributed by atoms with Crippen LogP contribution in [0, 0.1) is 6.08 Å². The van der Waals surface area contributed by atoms with Gasteiger partial charge in [-0.25, -0.2) is 6.08 Å². The van der Waals surface area contributed by atoms with E-state index in [9.17, 15) is 0 Å². The van der Waals surface area contributed by atoms with E-state index in [-0.39, 0.29) is 0 Å². The monoisotopic (exact) mass is 81.0 g/mol. The highest BCUT2D eigenvalue weighted by molar-refractivity contribution is 5.16. The van der Waals surface area contributed by atoms with Crippen LogP contribution in [-0.2, 0) is 4.74 Å². The molecule has 0 aromatic rings. The third-order valence-corrected chi connectivity index (χ3v) is 0.516. The quantitative estimate of drug-likeness (QED) is 0.354. The van der Waals surface area contributed by atoms with Crippen LogP contribution in [0.1, 0.15) is 6.92 Å². The van der Waals surface area contributed by atoms with Gasteiger partial charge in [0, 0.05) is 0 Å². The summed E-state index contributed by atoms with van der Waals surface area (Å²) in [5.41, 5.74) is 2.68. The Labute approximate surface area is 36.9 Å². The van der Waals surface area contributed by atoms with Gasteiger partial charge in [0.2, 0.25) is 0 Å². The van der Waals surface area contributed by atoms with E-state index >= 15 is 0 Å². The topological polar surface area (TPSA) is 9.23 Å². The molecule has 1 rings (SSSR count). The Balaban J connectivity index is 2.05. The van der Waals surface area contributed by atoms with E-state index in [2.05, 4.69) is 11.8 Å². The van der Waals surface area contributed by atoms with Crippen molar-refractivity contribution >= 4 is 0 Å². The molecule has 0 aromatic carbocycles. The maximum atomic E-state index is 4.85. The highest BCUT2D eigenvalue weighted by Crippen LogP contribution is 2.03. The smallest absolute Gasteiger partial charge is 0.0663 e. The molecule has 0 N–H and O–H groups in total. The summed E-state index contributed by atoms with van der Waals surface area (Å²) in [6.07, 6.45) is 2.68. The predicted molar refractivity (Wildman–Crippen MR) is 21.9 cm³/mol. The maximum Gasteiger partial charge on any atom is 0.0663 e. The van der Waals surface area contributed by atoms with Gasteiger partial charge in [0.25, 0.3) is 0 Å². The van der Waals surface area contributed by atoms with Crippen molar-refractivity contribution in [3.63, 3.8) is 0 Å². The largest absolute Gasteiger partial charge is 0.570 e. The molecule has 1 heteroatoms. The van der Waals surface area contributed by atoms with E-state index in [1.807, 2.05) is 6.92 Å². The summed E-state index contributed by atoms with van der Waals surface area (Å²) in [5.74, 6) is 0.789. The van der Waals surface area contributed by atoms with Gasteiger partial charge in [0.1, 0.15) is 0 Å². The molecule has 0 amide bonds. The van der Waals surface area contributed by atoms with Gasteiger partial charge in [0.05, 0.1) is 6.61 Å². The molecule has 1 aliphatic carbocycles. The third-order valence-electron chi connectivity index (χ3n) is 0.516. The Kier molecular flexibility index (Phi) is 0.697. The van der Waals surface area contributed by atoms with Gasteiger partial charge in [-0.2, -0.15) is 0 Å². The van der Waals surface area contributed by atoms with E-state index in [1.54, 1.807) is 0 Å². The van der Waals surface area contributed by atoms with E-state index in [0.29, 0.717) is 0 Å². The molecule has 0 fully saturated rings. The van der Waals surface area contributed by atoms with Gasteiger partial charge in [-0.3, -0.25) is 0 Å². The summed E-state index contributed by atoms with van der Waals surface area (Å²) >= 11 is 0. The third kappa shape index (κ3) is 0.631. The van der Waals surface area contributed by atoms with E-state index in [4.69, 9.17) is 4.74 Å². The van der Waals surface area contributed by atoms with Crippen molar-refractivity contribution in [3.05, 3.63) is 17.6 Å². The SMILES string of the molecule is CCOC1=C=[C-]1. The predicted octanol–water partition coefficient (Wildman–Crippen LogP) is 0.879. The number of ether oxygens (including phenoxy) is 1. The van der Waals surface area contributed by atoms with Crippen LogP contribution in [0.2, 0.25) is 0 Å². The molecule has 1 nitrogen and oxygen atoms in total. The lowest BCUT2D eigenvalue weighted by Crippen LogP contribution is -1.77. The van der Waals surface area contributed by atoms with E-state index in [1.165, 1.54) is 0 Å². The van der Waals surface area contributed by atoms with Gasteiger partial charge in [0.15, 0.2) is 0 Å². The van der Waals surface area contributed by atoms with Crippen molar-refractivity contribution < 1.29 is 4.74 Å². The second-order valence-electron chi connectivity index (χ2n) is 1.01. The second-order valence-corrected chi connectivity index (χ2v) is 1.01. The van der Waals surface area contributed by atoms with Gasteiger partial charge >= 0.3 is 0 Å². The number of hydrogen-bond acceptors (Lipinski definition) is 1. The molecule has 0 saturated heterocycles. The van der Waals surface area contributed by atoms with Gasteiger partial charge in [-0.15, -0.1) is 0 Å². The highest BCUT2D eigenvalue weighted by atomic mass is 16.5. The fourth-order valence-corrected chi connectivity index (χ4v) is 0.242. The first-order chi connectivity index (χ1) is 2.93. The molecule has 32 valence electrons. The van der Waals surface area contributed by atoms with Crippen LogP contribution >= 0.6 is 0 Å². The Morgan fingerprint density at radius 2 is 2.67 bits per heavy atom. The van der Waals surface area contributed by atoms with E-state index < -0.39 is 0 Å². The van der Waals surface area contributed by atoms with Crippen molar-refractivity contribution in [1.29, 1.82) is 0 Å². The zero-order chi connectivity index (χ0) is 4.41. The van der Waals surface area contributed by atoms with Crippen molar-refractivity contribution in [2.75, 3.05) is 6.61 Å². The fourth-order valence-electron chi connectivity index (χ4n) is 0.242. The van der Waals surface area contributed by atoms with Crippen LogP contribution < -0.4 is 0 Å². The fraction of sp³-hybridized carbons (Fsp3) is 0.400. The van der Waals surface area contributed by atoms with Crippen LogP contribution in [0.3, 0.4) is 0 Å². The normalized spacial score (nSPS) is 13.8. The molecule has 1 aliphatic rings. The lowest BCUT2D eigenvalue weighted by Gasteiger charge is -1.99. The lowest BCUT2D eigenvalue weighted by atomic mass is 10.8. The molecule has 0 radical (unpaired) electrons. The van der Waals surface area contributed by atoms with Gasteiger partial charge < -0.3 is 10.5 Å². The van der Waals surface area contributed by atoms with Crippen molar-refractivity contribution in [2.45, 2.75) is 6.92 Å². The summed E-state index contributed by atoms with van der Waals surface area (Å²) < 4.78 is 4.85. The molecular weight excluding hydrogens is 76.1 g/mol. The molecule has 0 aliphatic heterocycles. The van der Waals surface area contributed by atoms with Crippen LogP contribution in [0.15, 0.2) is 11.5 Å². The molecular formula is C5H5O-. The highest BCUT2D eigenvalue weighted by Gasteiger charge is 1.75. The molecule has 0 unspecified atom stereocenters. The first-order valence-corrected chi connectivity index (χ1v) is 1.95. The van der Waals surface area contributed by atoms with E-state index in [0.717, 1.165) is 12.4 Å². The van der Waals surface area contributed by atoms with Crippen molar-refractivity contribution in [3.8, 4) is 0 Å². The Morgan fingerprint density at radius 3 is 2.83 bits per heavy atom. The zero-order valence-corrected chi connectivity index (χ0v) is 3.62. The lowest BCUT2D eigenvalue weighted by molar-refractivity contribution is 0.250. The first kappa shape index (κ1) is 3.51. The molecule has 0 aromatic heterocycles. The number of hydrogen-bond donors (Lipinski definition) is 0. The summed E-state index contributed by atoms with van der Waals surface area (Å²) in [6, 6.07) is 0. The number of rotatable bonds is 2. The zero-order valence-electron chi connectivity index (χ0n) is 3.62. The second kappa shape index (κ2) is 1.19. The summed E-state index contributed by atoms with van der Waals surface area (Å²) in [7, 11) is 0. The standard InChI is InChI=1S/C5H5O/c1-2-6-5-3-4-5/h2H2,1H3/q-1. The van der Waals surface area contributed by atoms with Crippen molar-refractivity contribution in [1.82, 2.24) is 0 Å². The van der Waals surface area contributed by atoms with Crippen LogP contribution in [0.4, 0.5) is 0 Å². The average molecular weight is 81.1 g/mol. The minimum absolute atomic E-state index is 0.731. The molecule has 0 heterocycles. The molecule has 0 saturated carbocycles. The van der Waals surface area contributed by atoms with Gasteiger partial charge in [-0.1, -0.05) is 5.76 Å². The Morgan fingerprint density at radius 1 is 2.00 bits per heavy atom. The molecule has 0 atom stereocenters. The Hall–Kier alpha value is -0.680. The van der Waals surface area contributed by atoms with Crippen LogP contribution in [-0.4, -0.2) is 6.61 Å². The molecule has 6 heavy (non-hydrogen) atoms. The molecule has 0 spiro atoms. The Bertz CT molecular complexity index is 107. The minimum atomic E-state index is 0.731. The van der Waals surface area contributed by atoms with Crippen LogP contribution in [0.5, 0.6) is 0 Å². The van der Waals surface area contributed by atoms with Crippen molar-refractivity contribution in [2.24, 2.45) is 0 Å². The molecule has 0 bridgehead atoms. The first-order valence-electron chi connectivity index (χ1n) is 1.95. The van der Waals surface area contributed by atoms with Gasteiger partial charge in [-0.05, 0) is 6.92 Å². The summed E-state index contributed by atoms with van der Waals surface area (Å²) in [5, 5.41) is 0.